The Morgan fingerprint density at radius 1 is 0.571 bits per heavy atom. The monoisotopic (exact) mass is 1180 g/mol. The van der Waals surface area contributed by atoms with Crippen molar-refractivity contribution in [3.05, 3.63) is 362 Å². The van der Waals surface area contributed by atoms with Crippen molar-refractivity contribution in [2.45, 2.75) is 112 Å². The molecule has 91 heavy (non-hydrogen) atoms. The van der Waals surface area contributed by atoms with E-state index in [1.54, 1.807) is 0 Å². The predicted molar refractivity (Wildman–Crippen MR) is 386 cm³/mol. The summed E-state index contributed by atoms with van der Waals surface area (Å²) in [6.45, 7) is 24.9. The van der Waals surface area contributed by atoms with Crippen LogP contribution in [0.2, 0.25) is 0 Å². The van der Waals surface area contributed by atoms with Crippen LogP contribution in [0.3, 0.4) is 0 Å². The lowest BCUT2D eigenvalue weighted by molar-refractivity contribution is 0.409. The predicted octanol–water partition coefficient (Wildman–Crippen LogP) is 22.4. The van der Waals surface area contributed by atoms with E-state index in [4.69, 9.17) is 0 Å². The van der Waals surface area contributed by atoms with Gasteiger partial charge in [-0.15, -0.1) is 0 Å². The van der Waals surface area contributed by atoms with E-state index in [1.165, 1.54) is 107 Å². The Bertz CT molecular complexity index is 4440. The van der Waals surface area contributed by atoms with Crippen LogP contribution in [0, 0.1) is 46.0 Å². The van der Waals surface area contributed by atoms with Crippen molar-refractivity contribution in [3.63, 3.8) is 0 Å². The first-order chi connectivity index (χ1) is 44.2. The molecule has 0 aromatic heterocycles. The smallest absolute Gasteiger partial charge is 0.0565 e. The van der Waals surface area contributed by atoms with Gasteiger partial charge in [-0.25, -0.2) is 0 Å². The van der Waals surface area contributed by atoms with Crippen LogP contribution in [-0.4, -0.2) is 0 Å². The molecule has 14 rings (SSSR count). The minimum absolute atomic E-state index is 0.243. The van der Waals surface area contributed by atoms with Crippen LogP contribution in [0.1, 0.15) is 115 Å². The largest absolute Gasteiger partial charge is 0.337 e. The molecule has 4 atom stereocenters. The highest BCUT2D eigenvalue weighted by atomic mass is 15.2. The van der Waals surface area contributed by atoms with Gasteiger partial charge in [0.25, 0.3) is 0 Å². The normalized spacial score (nSPS) is 21.8. The highest BCUT2D eigenvalue weighted by Gasteiger charge is 2.82. The van der Waals surface area contributed by atoms with Crippen molar-refractivity contribution in [3.8, 4) is 0 Å². The first kappa shape index (κ1) is 59.0. The Balaban J connectivity index is 1.09. The molecule has 7 aromatic rings. The maximum absolute atomic E-state index is 4.11. The second-order valence-electron chi connectivity index (χ2n) is 27.0. The molecule has 1 spiro atoms. The Morgan fingerprint density at radius 3 is 1.85 bits per heavy atom. The van der Waals surface area contributed by atoms with Crippen molar-refractivity contribution in [2.24, 2.45) is 11.3 Å². The molecule has 1 fully saturated rings. The second kappa shape index (κ2) is 23.6. The minimum Gasteiger partial charge on any atom is -0.337 e. The van der Waals surface area contributed by atoms with Crippen molar-refractivity contribution in [2.75, 3.05) is 19.6 Å². The van der Waals surface area contributed by atoms with Crippen molar-refractivity contribution in [1.29, 1.82) is 0 Å². The summed E-state index contributed by atoms with van der Waals surface area (Å²) in [5, 5.41) is 0. The molecule has 0 bridgehead atoms. The van der Waals surface area contributed by atoms with E-state index in [9.17, 15) is 0 Å². The van der Waals surface area contributed by atoms with Crippen molar-refractivity contribution < 1.29 is 0 Å². The minimum atomic E-state index is -0.688. The molecule has 4 heteroatoms. The van der Waals surface area contributed by atoms with Crippen LogP contribution >= 0.6 is 0 Å². The molecule has 0 saturated heterocycles. The summed E-state index contributed by atoms with van der Waals surface area (Å²) in [5.41, 5.74) is 29.8. The first-order valence-corrected chi connectivity index (χ1v) is 32.9. The summed E-state index contributed by atoms with van der Waals surface area (Å²) < 4.78 is 0. The van der Waals surface area contributed by atoms with Crippen LogP contribution in [0.25, 0.3) is 5.57 Å². The fourth-order valence-corrected chi connectivity index (χ4v) is 16.3. The van der Waals surface area contributed by atoms with Crippen molar-refractivity contribution >= 4 is 39.7 Å². The molecule has 7 aliphatic carbocycles. The zero-order chi connectivity index (χ0) is 62.8. The molecular formula is C87H84N4. The average molecular weight is 1190 g/mol. The SMILES string of the molecule is C=C/C=C(C)\C=C(/C)N(C1=CC2=C(CC=C1)c1ccc(CN(c3cccc(C)c3)c3cccc(C)c3)cc1C21c2cc(N(C3=CCC(C)=CC=C3)C3=CC(C)CC=C3)ccc2C23CC=CC(N(c4cccc(C)c4)c4cccc(C)c4)=CC21C3)c1cccc(C)c1. The van der Waals surface area contributed by atoms with Crippen LogP contribution in [0.15, 0.2) is 307 Å². The summed E-state index contributed by atoms with van der Waals surface area (Å²) in [6, 6.07) is 60.7. The fourth-order valence-electron chi connectivity index (χ4n) is 16.3. The maximum atomic E-state index is 4.11. The highest BCUT2D eigenvalue weighted by Crippen LogP contribution is 2.86. The van der Waals surface area contributed by atoms with Gasteiger partial charge in [0, 0.05) is 80.0 Å². The maximum Gasteiger partial charge on any atom is 0.0565 e. The van der Waals surface area contributed by atoms with Gasteiger partial charge < -0.3 is 19.6 Å². The zero-order valence-corrected chi connectivity index (χ0v) is 54.6. The highest BCUT2D eigenvalue weighted by molar-refractivity contribution is 5.93. The number of hydrogen-bond donors (Lipinski definition) is 0. The van der Waals surface area contributed by atoms with E-state index in [-0.39, 0.29) is 5.41 Å². The standard InChI is InChI=1S/C87H84N4/c1-11-21-60(3)46-67(10)89(72-32-15-25-63(6)49-72)76-36-19-38-79-80-43-40-68(57-88(70-30-13-23-61(4)47-70)71-31-14-24-62(5)48-71)53-82(80)87(83(79)54-76)84-55-77(90(73-33-16-26-64(7)50-73)69-29-12-22-59(2)39-41-69)42-44-81(84)85-45-20-37-78(56-86(85,87)58-85)91(74-34-17-27-65(8)51-74)75-35-18-28-66(9)52-75/h11-25,27-37,40-44,46-56,64H,1,26,38-39,45,57-58H2,2-10H3/b60-21-,67-46+. The number of allylic oxidation sites excluding steroid dienone is 21. The van der Waals surface area contributed by atoms with Gasteiger partial charge in [-0.2, -0.15) is 0 Å². The number of rotatable bonds is 15. The molecule has 0 amide bonds. The van der Waals surface area contributed by atoms with Crippen molar-refractivity contribution in [1.82, 2.24) is 0 Å². The number of anilines is 6. The van der Waals surface area contributed by atoms with Gasteiger partial charge in [0.1, 0.15) is 0 Å². The van der Waals surface area contributed by atoms with E-state index < -0.39 is 10.8 Å². The Morgan fingerprint density at radius 2 is 1.19 bits per heavy atom. The molecule has 0 heterocycles. The van der Waals surface area contributed by atoms with E-state index in [0.717, 1.165) is 66.1 Å². The summed E-state index contributed by atoms with van der Waals surface area (Å²) in [4.78, 5) is 10.2. The molecule has 4 nitrogen and oxygen atoms in total. The van der Waals surface area contributed by atoms with Crippen LogP contribution in [0.5, 0.6) is 0 Å². The van der Waals surface area contributed by atoms with E-state index in [2.05, 4.69) is 337 Å². The lowest BCUT2D eigenvalue weighted by atomic mass is 9.62. The van der Waals surface area contributed by atoms with Gasteiger partial charge >= 0.3 is 0 Å². The van der Waals surface area contributed by atoms with Gasteiger partial charge in [-0.05, 0) is 275 Å². The third kappa shape index (κ3) is 10.3. The molecule has 0 N–H and O–H groups in total. The molecular weight excluding hydrogens is 1100 g/mol. The molecule has 1 saturated carbocycles. The number of benzene rings is 7. The molecule has 0 aliphatic heterocycles. The van der Waals surface area contributed by atoms with Gasteiger partial charge in [0.15, 0.2) is 0 Å². The number of hydrogen-bond acceptors (Lipinski definition) is 4. The molecule has 452 valence electrons. The van der Waals surface area contributed by atoms with Gasteiger partial charge in [-0.3, -0.25) is 0 Å². The molecule has 4 unspecified atom stereocenters. The number of fused-ring (bicyclic) bond motifs is 6. The third-order valence-electron chi connectivity index (χ3n) is 20.2. The molecule has 0 radical (unpaired) electrons. The quantitative estimate of drug-likeness (QED) is 0.0949. The Hall–Kier alpha value is -9.64. The summed E-state index contributed by atoms with van der Waals surface area (Å²) in [5.74, 6) is 0.398. The van der Waals surface area contributed by atoms with E-state index in [1.807, 2.05) is 6.08 Å². The van der Waals surface area contributed by atoms with Gasteiger partial charge in [-0.1, -0.05) is 165 Å². The van der Waals surface area contributed by atoms with E-state index >= 15 is 0 Å². The molecule has 7 aliphatic rings. The summed E-state index contributed by atoms with van der Waals surface area (Å²) >= 11 is 0. The topological polar surface area (TPSA) is 13.0 Å². The summed E-state index contributed by atoms with van der Waals surface area (Å²) in [6.07, 6.45) is 42.7. The van der Waals surface area contributed by atoms with Gasteiger partial charge in [0.05, 0.1) is 5.41 Å². The number of aryl methyl sites for hydroxylation is 5. The van der Waals surface area contributed by atoms with Crippen LogP contribution in [-0.2, 0) is 17.4 Å². The summed E-state index contributed by atoms with van der Waals surface area (Å²) in [7, 11) is 0. The Labute approximate surface area is 541 Å². The zero-order valence-electron chi connectivity index (χ0n) is 54.6. The lowest BCUT2D eigenvalue weighted by Crippen LogP contribution is -2.38. The molecule has 7 aromatic carbocycles. The first-order valence-electron chi connectivity index (χ1n) is 32.9. The Kier molecular flexibility index (Phi) is 15.3. The lowest BCUT2D eigenvalue weighted by Gasteiger charge is -2.41. The van der Waals surface area contributed by atoms with E-state index in [0.29, 0.717) is 12.5 Å². The number of nitrogens with zero attached hydrogens (tertiary/aromatic N) is 4. The van der Waals surface area contributed by atoms with Gasteiger partial charge in [0.2, 0.25) is 0 Å². The van der Waals surface area contributed by atoms with Crippen LogP contribution in [0.4, 0.5) is 34.1 Å². The third-order valence-corrected chi connectivity index (χ3v) is 20.2. The fraction of sp³-hybridized carbons (Fsp3) is 0.218. The average Bonchev–Trinajstić information content (AvgIpc) is 1.43. The second-order valence-corrected chi connectivity index (χ2v) is 27.0. The van der Waals surface area contributed by atoms with Crippen LogP contribution < -0.4 is 19.6 Å².